The lowest BCUT2D eigenvalue weighted by atomic mass is 10.0. The molecule has 0 aromatic heterocycles. The Kier molecular flexibility index (Phi) is 4.19. The molecule has 1 aliphatic rings. The van der Waals surface area contributed by atoms with Crippen LogP contribution in [0.5, 0.6) is 0 Å². The number of carbonyl (C=O) groups excluding carboxylic acids is 1. The SMILES string of the molecule is O=C(N/C=C/c1ccccc1F)N1CCCc2ccccc21. The second-order valence-corrected chi connectivity index (χ2v) is 5.19. The molecule has 0 unspecified atom stereocenters. The van der Waals surface area contributed by atoms with Crippen LogP contribution in [0.3, 0.4) is 0 Å². The van der Waals surface area contributed by atoms with Gasteiger partial charge in [0.1, 0.15) is 5.82 Å². The highest BCUT2D eigenvalue weighted by atomic mass is 19.1. The third kappa shape index (κ3) is 3.01. The van der Waals surface area contributed by atoms with Crippen molar-refractivity contribution in [1.82, 2.24) is 5.32 Å². The molecule has 1 N–H and O–H groups in total. The van der Waals surface area contributed by atoms with Crippen LogP contribution in [0.25, 0.3) is 6.08 Å². The van der Waals surface area contributed by atoms with Crippen molar-refractivity contribution in [3.63, 3.8) is 0 Å². The molecule has 1 aliphatic heterocycles. The zero-order chi connectivity index (χ0) is 15.4. The van der Waals surface area contributed by atoms with Gasteiger partial charge in [-0.15, -0.1) is 0 Å². The quantitative estimate of drug-likeness (QED) is 0.894. The maximum absolute atomic E-state index is 13.5. The Hall–Kier alpha value is -2.62. The van der Waals surface area contributed by atoms with Crippen LogP contribution in [-0.2, 0) is 6.42 Å². The topological polar surface area (TPSA) is 32.3 Å². The van der Waals surface area contributed by atoms with Crippen molar-refractivity contribution in [1.29, 1.82) is 0 Å². The predicted octanol–water partition coefficient (Wildman–Crippen LogP) is 3.96. The van der Waals surface area contributed by atoms with Gasteiger partial charge in [0.2, 0.25) is 0 Å². The molecular formula is C18H17FN2O. The molecule has 0 bridgehead atoms. The fourth-order valence-electron chi connectivity index (χ4n) is 2.64. The first kappa shape index (κ1) is 14.3. The lowest BCUT2D eigenvalue weighted by molar-refractivity contribution is 0.249. The molecule has 2 aromatic rings. The van der Waals surface area contributed by atoms with Gasteiger partial charge < -0.3 is 5.32 Å². The number of hydrogen-bond donors (Lipinski definition) is 1. The van der Waals surface area contributed by atoms with Gasteiger partial charge in [0.05, 0.1) is 0 Å². The number of carbonyl (C=O) groups is 1. The maximum atomic E-state index is 13.5. The molecule has 0 radical (unpaired) electrons. The molecule has 0 spiro atoms. The average Bonchev–Trinajstić information content (AvgIpc) is 2.56. The number of benzene rings is 2. The Morgan fingerprint density at radius 1 is 1.14 bits per heavy atom. The second kappa shape index (κ2) is 6.43. The molecule has 0 aliphatic carbocycles. The number of anilines is 1. The molecule has 1 heterocycles. The molecule has 4 heteroatoms. The van der Waals surface area contributed by atoms with E-state index in [1.54, 1.807) is 29.2 Å². The third-order valence-corrected chi connectivity index (χ3v) is 3.73. The highest BCUT2D eigenvalue weighted by molar-refractivity contribution is 5.94. The summed E-state index contributed by atoms with van der Waals surface area (Å²) in [6, 6.07) is 14.2. The minimum atomic E-state index is -0.309. The number of para-hydroxylation sites is 1. The number of urea groups is 1. The number of aryl methyl sites for hydroxylation is 1. The van der Waals surface area contributed by atoms with Crippen LogP contribution in [0.1, 0.15) is 17.5 Å². The average molecular weight is 296 g/mol. The van der Waals surface area contributed by atoms with Crippen LogP contribution in [0.4, 0.5) is 14.9 Å². The van der Waals surface area contributed by atoms with E-state index < -0.39 is 0 Å². The summed E-state index contributed by atoms with van der Waals surface area (Å²) < 4.78 is 13.5. The summed E-state index contributed by atoms with van der Waals surface area (Å²) in [6.07, 6.45) is 4.98. The second-order valence-electron chi connectivity index (χ2n) is 5.19. The van der Waals surface area contributed by atoms with Gasteiger partial charge in [-0.2, -0.15) is 0 Å². The van der Waals surface area contributed by atoms with Gasteiger partial charge in [-0.3, -0.25) is 4.90 Å². The van der Waals surface area contributed by atoms with Gasteiger partial charge in [0, 0.05) is 24.0 Å². The van der Waals surface area contributed by atoms with Crippen molar-refractivity contribution in [2.24, 2.45) is 0 Å². The van der Waals surface area contributed by atoms with Crippen molar-refractivity contribution < 1.29 is 9.18 Å². The lowest BCUT2D eigenvalue weighted by Gasteiger charge is -2.28. The fourth-order valence-corrected chi connectivity index (χ4v) is 2.64. The highest BCUT2D eigenvalue weighted by Gasteiger charge is 2.21. The molecule has 22 heavy (non-hydrogen) atoms. The largest absolute Gasteiger partial charge is 0.325 e. The summed E-state index contributed by atoms with van der Waals surface area (Å²) in [6.45, 7) is 0.691. The normalized spacial score (nSPS) is 14.0. The highest BCUT2D eigenvalue weighted by Crippen LogP contribution is 2.26. The van der Waals surface area contributed by atoms with E-state index in [-0.39, 0.29) is 11.8 Å². The van der Waals surface area contributed by atoms with Crippen molar-refractivity contribution in [3.8, 4) is 0 Å². The summed E-state index contributed by atoms with van der Waals surface area (Å²) >= 11 is 0. The Morgan fingerprint density at radius 3 is 2.77 bits per heavy atom. The summed E-state index contributed by atoms with van der Waals surface area (Å²) in [5, 5.41) is 2.71. The van der Waals surface area contributed by atoms with E-state index in [0.717, 1.165) is 18.5 Å². The van der Waals surface area contributed by atoms with Gasteiger partial charge in [0.15, 0.2) is 0 Å². The van der Waals surface area contributed by atoms with Gasteiger partial charge >= 0.3 is 6.03 Å². The number of hydrogen-bond acceptors (Lipinski definition) is 1. The molecule has 112 valence electrons. The van der Waals surface area contributed by atoms with Crippen LogP contribution in [-0.4, -0.2) is 12.6 Å². The monoisotopic (exact) mass is 296 g/mol. The Bertz CT molecular complexity index is 712. The Labute approximate surface area is 129 Å². The first-order valence-corrected chi connectivity index (χ1v) is 7.33. The van der Waals surface area contributed by atoms with Crippen molar-refractivity contribution in [2.45, 2.75) is 12.8 Å². The van der Waals surface area contributed by atoms with E-state index in [2.05, 4.69) is 5.32 Å². The van der Waals surface area contributed by atoms with Gasteiger partial charge in [0.25, 0.3) is 0 Å². The summed E-state index contributed by atoms with van der Waals surface area (Å²) in [5.74, 6) is -0.309. The van der Waals surface area contributed by atoms with E-state index in [1.807, 2.05) is 24.3 Å². The number of rotatable bonds is 2. The van der Waals surface area contributed by atoms with Crippen molar-refractivity contribution >= 4 is 17.8 Å². The molecule has 0 atom stereocenters. The van der Waals surface area contributed by atoms with E-state index in [0.29, 0.717) is 12.1 Å². The van der Waals surface area contributed by atoms with Crippen molar-refractivity contribution in [2.75, 3.05) is 11.4 Å². The molecule has 3 nitrogen and oxygen atoms in total. The van der Waals surface area contributed by atoms with Gasteiger partial charge in [-0.05, 0) is 36.6 Å². The van der Waals surface area contributed by atoms with E-state index in [1.165, 1.54) is 17.8 Å². The summed E-state index contributed by atoms with van der Waals surface area (Å²) in [7, 11) is 0. The molecule has 2 aromatic carbocycles. The number of nitrogens with zero attached hydrogens (tertiary/aromatic N) is 1. The smallest absolute Gasteiger partial charge is 0.314 e. The Balaban J connectivity index is 1.70. The summed E-state index contributed by atoms with van der Waals surface area (Å²) in [5.41, 5.74) is 2.58. The minimum Gasteiger partial charge on any atom is -0.314 e. The standard InChI is InChI=1S/C18H17FN2O/c19-16-9-3-1-6-14(16)11-12-20-18(22)21-13-5-8-15-7-2-4-10-17(15)21/h1-4,6-7,9-12H,5,8,13H2,(H,20,22)/b12-11+. The molecule has 3 rings (SSSR count). The van der Waals surface area contributed by atoms with E-state index in [4.69, 9.17) is 0 Å². The predicted molar refractivity (Wildman–Crippen MR) is 86.1 cm³/mol. The molecular weight excluding hydrogens is 279 g/mol. The zero-order valence-electron chi connectivity index (χ0n) is 12.1. The van der Waals surface area contributed by atoms with Crippen LogP contribution in [0, 0.1) is 5.82 Å². The lowest BCUT2D eigenvalue weighted by Crippen LogP contribution is -2.40. The summed E-state index contributed by atoms with van der Waals surface area (Å²) in [4.78, 5) is 14.0. The first-order chi connectivity index (χ1) is 10.8. The number of amides is 2. The third-order valence-electron chi connectivity index (χ3n) is 3.73. The van der Waals surface area contributed by atoms with Crippen LogP contribution in [0.15, 0.2) is 54.7 Å². The van der Waals surface area contributed by atoms with Crippen LogP contribution < -0.4 is 10.2 Å². The van der Waals surface area contributed by atoms with Gasteiger partial charge in [-0.1, -0.05) is 36.4 Å². The van der Waals surface area contributed by atoms with Crippen LogP contribution in [0.2, 0.25) is 0 Å². The van der Waals surface area contributed by atoms with Gasteiger partial charge in [-0.25, -0.2) is 9.18 Å². The van der Waals surface area contributed by atoms with E-state index >= 15 is 0 Å². The maximum Gasteiger partial charge on any atom is 0.325 e. The number of halogens is 1. The zero-order valence-corrected chi connectivity index (χ0v) is 12.1. The first-order valence-electron chi connectivity index (χ1n) is 7.33. The minimum absolute atomic E-state index is 0.195. The number of fused-ring (bicyclic) bond motifs is 1. The molecule has 0 saturated carbocycles. The molecule has 0 saturated heterocycles. The van der Waals surface area contributed by atoms with E-state index in [9.17, 15) is 9.18 Å². The van der Waals surface area contributed by atoms with Crippen LogP contribution >= 0.6 is 0 Å². The fraction of sp³-hybridized carbons (Fsp3) is 0.167. The molecule has 0 fully saturated rings. The molecule has 2 amide bonds. The number of nitrogens with one attached hydrogen (secondary N) is 1. The van der Waals surface area contributed by atoms with Crippen molar-refractivity contribution in [3.05, 3.63) is 71.7 Å². The Morgan fingerprint density at radius 2 is 1.91 bits per heavy atom.